The second kappa shape index (κ2) is 8.84. The predicted molar refractivity (Wildman–Crippen MR) is 87.8 cm³/mol. The molecule has 4 atom stereocenters. The summed E-state index contributed by atoms with van der Waals surface area (Å²) in [5.41, 5.74) is -1.57. The van der Waals surface area contributed by atoms with Crippen LogP contribution in [0.25, 0.3) is 0 Å². The molecule has 0 heterocycles. The zero-order chi connectivity index (χ0) is 15.8. The minimum atomic E-state index is -0.784. The Morgan fingerprint density at radius 3 is 1.25 bits per heavy atom. The van der Waals surface area contributed by atoms with E-state index in [-0.39, 0.29) is 0 Å². The van der Waals surface area contributed by atoms with E-state index in [1.807, 2.05) is 26.0 Å². The summed E-state index contributed by atoms with van der Waals surface area (Å²) >= 11 is 0. The minimum absolute atomic E-state index is 0.494. The van der Waals surface area contributed by atoms with Crippen LogP contribution >= 0.6 is 0 Å². The Hall–Kier alpha value is -0.340. The molecule has 0 fully saturated rings. The van der Waals surface area contributed by atoms with Crippen LogP contribution in [-0.2, 0) is 0 Å². The summed E-state index contributed by atoms with van der Waals surface area (Å²) in [6.45, 7) is 12.6. The Balaban J connectivity index is 4.90. The van der Waals surface area contributed by atoms with Crippen LogP contribution < -0.4 is 0 Å². The van der Waals surface area contributed by atoms with Crippen LogP contribution in [-0.4, -0.2) is 21.4 Å². The van der Waals surface area contributed by atoms with Crippen molar-refractivity contribution < 1.29 is 10.2 Å². The van der Waals surface area contributed by atoms with Gasteiger partial charge in [-0.3, -0.25) is 0 Å². The molecule has 0 bridgehead atoms. The molecule has 4 unspecified atom stereocenters. The van der Waals surface area contributed by atoms with Gasteiger partial charge in [0.15, 0.2) is 0 Å². The molecular weight excluding hydrogens is 248 g/mol. The number of aliphatic hydroxyl groups is 2. The molecule has 0 aliphatic carbocycles. The molecule has 2 N–H and O–H groups in total. The summed E-state index contributed by atoms with van der Waals surface area (Å²) in [6, 6.07) is 0. The van der Waals surface area contributed by atoms with Gasteiger partial charge >= 0.3 is 0 Å². The van der Waals surface area contributed by atoms with Crippen molar-refractivity contribution in [2.75, 3.05) is 0 Å². The monoisotopic (exact) mass is 284 g/mol. The highest BCUT2D eigenvalue weighted by molar-refractivity contribution is 5.09. The van der Waals surface area contributed by atoms with E-state index in [4.69, 9.17) is 0 Å². The maximum absolute atomic E-state index is 10.7. The molecule has 20 heavy (non-hydrogen) atoms. The van der Waals surface area contributed by atoms with Gasteiger partial charge in [0, 0.05) is 0 Å². The fourth-order valence-electron chi connectivity index (χ4n) is 2.47. The molecule has 0 saturated carbocycles. The largest absolute Gasteiger partial charge is 0.386 e. The molecule has 0 aromatic heterocycles. The third-order valence-corrected chi connectivity index (χ3v) is 4.73. The lowest BCUT2D eigenvalue weighted by atomic mass is 9.83. The summed E-state index contributed by atoms with van der Waals surface area (Å²) in [5, 5.41) is 21.3. The van der Waals surface area contributed by atoms with E-state index in [0.717, 1.165) is 25.7 Å². The molecule has 0 rings (SSSR count). The molecule has 2 heteroatoms. The summed E-state index contributed by atoms with van der Waals surface area (Å²) in [7, 11) is 0. The second-order valence-electron chi connectivity index (χ2n) is 6.68. The van der Waals surface area contributed by atoms with Crippen molar-refractivity contribution in [1.82, 2.24) is 0 Å². The Bertz CT molecular complexity index is 259. The summed E-state index contributed by atoms with van der Waals surface area (Å²) < 4.78 is 0. The van der Waals surface area contributed by atoms with Gasteiger partial charge in [0.05, 0.1) is 11.2 Å². The number of rotatable bonds is 10. The fraction of sp³-hybridized carbons (Fsp3) is 0.889. The molecule has 0 amide bonds. The first kappa shape index (κ1) is 19.7. The zero-order valence-corrected chi connectivity index (χ0v) is 14.4. The Morgan fingerprint density at radius 1 is 0.750 bits per heavy atom. The lowest BCUT2D eigenvalue weighted by Crippen LogP contribution is -2.32. The number of hydrogen-bond acceptors (Lipinski definition) is 2. The van der Waals surface area contributed by atoms with Crippen molar-refractivity contribution in [3.8, 4) is 0 Å². The van der Waals surface area contributed by atoms with Gasteiger partial charge in [-0.2, -0.15) is 0 Å². The maximum atomic E-state index is 10.7. The molecular formula is C18H36O2. The first-order chi connectivity index (χ1) is 9.24. The highest BCUT2D eigenvalue weighted by Gasteiger charge is 2.28. The molecule has 0 radical (unpaired) electrons. The van der Waals surface area contributed by atoms with Crippen molar-refractivity contribution in [3.05, 3.63) is 12.2 Å². The van der Waals surface area contributed by atoms with Gasteiger partial charge in [0.25, 0.3) is 0 Å². The van der Waals surface area contributed by atoms with Gasteiger partial charge in [-0.15, -0.1) is 0 Å². The third-order valence-electron chi connectivity index (χ3n) is 4.73. The van der Waals surface area contributed by atoms with Crippen LogP contribution in [0.15, 0.2) is 12.2 Å². The lowest BCUT2D eigenvalue weighted by molar-refractivity contribution is 0.0439. The minimum Gasteiger partial charge on any atom is -0.386 e. The van der Waals surface area contributed by atoms with Gasteiger partial charge in [-0.05, 0) is 37.5 Å². The SMILES string of the molecule is CCC(C)CC(O)(C=CC(O)(CC)CC(C)CC)CC. The quantitative estimate of drug-likeness (QED) is 0.571. The van der Waals surface area contributed by atoms with Crippen LogP contribution in [0.4, 0.5) is 0 Å². The first-order valence-corrected chi connectivity index (χ1v) is 8.39. The van der Waals surface area contributed by atoms with Crippen molar-refractivity contribution in [2.45, 2.75) is 91.3 Å². The van der Waals surface area contributed by atoms with Crippen LogP contribution in [0.3, 0.4) is 0 Å². The molecule has 0 spiro atoms. The van der Waals surface area contributed by atoms with Crippen molar-refractivity contribution in [2.24, 2.45) is 11.8 Å². The van der Waals surface area contributed by atoms with E-state index in [1.165, 1.54) is 0 Å². The average molecular weight is 284 g/mol. The summed E-state index contributed by atoms with van der Waals surface area (Å²) in [6.07, 6.45) is 8.76. The van der Waals surface area contributed by atoms with Gasteiger partial charge in [0.1, 0.15) is 0 Å². The normalized spacial score (nSPS) is 21.4. The van der Waals surface area contributed by atoms with Crippen LogP contribution in [0.2, 0.25) is 0 Å². The molecule has 120 valence electrons. The van der Waals surface area contributed by atoms with E-state index in [0.29, 0.717) is 24.7 Å². The van der Waals surface area contributed by atoms with E-state index in [2.05, 4.69) is 27.7 Å². The van der Waals surface area contributed by atoms with Crippen molar-refractivity contribution in [3.63, 3.8) is 0 Å². The van der Waals surface area contributed by atoms with E-state index >= 15 is 0 Å². The van der Waals surface area contributed by atoms with Crippen LogP contribution in [0.5, 0.6) is 0 Å². The van der Waals surface area contributed by atoms with E-state index in [9.17, 15) is 10.2 Å². The zero-order valence-electron chi connectivity index (χ0n) is 14.4. The van der Waals surface area contributed by atoms with Gasteiger partial charge in [-0.25, -0.2) is 0 Å². The molecule has 0 aliphatic heterocycles. The molecule has 0 aromatic rings. The molecule has 2 nitrogen and oxygen atoms in total. The smallest absolute Gasteiger partial charge is 0.0828 e. The predicted octanol–water partition coefficient (Wildman–Crippen LogP) is 4.70. The van der Waals surface area contributed by atoms with Crippen molar-refractivity contribution >= 4 is 0 Å². The molecule has 0 aliphatic rings. The Labute approximate surface area is 126 Å². The Morgan fingerprint density at radius 2 is 1.05 bits per heavy atom. The van der Waals surface area contributed by atoms with Gasteiger partial charge < -0.3 is 10.2 Å². The number of hydrogen-bond donors (Lipinski definition) is 2. The Kier molecular flexibility index (Phi) is 8.69. The highest BCUT2D eigenvalue weighted by atomic mass is 16.3. The summed E-state index contributed by atoms with van der Waals surface area (Å²) in [5.74, 6) is 0.989. The van der Waals surface area contributed by atoms with E-state index in [1.54, 1.807) is 0 Å². The maximum Gasteiger partial charge on any atom is 0.0828 e. The topological polar surface area (TPSA) is 40.5 Å². The molecule has 0 aromatic carbocycles. The van der Waals surface area contributed by atoms with Crippen LogP contribution in [0, 0.1) is 11.8 Å². The van der Waals surface area contributed by atoms with Gasteiger partial charge in [0.2, 0.25) is 0 Å². The van der Waals surface area contributed by atoms with E-state index < -0.39 is 11.2 Å². The lowest BCUT2D eigenvalue weighted by Gasteiger charge is -2.30. The average Bonchev–Trinajstić information content (AvgIpc) is 2.45. The molecule has 0 saturated heterocycles. The summed E-state index contributed by atoms with van der Waals surface area (Å²) in [4.78, 5) is 0. The highest BCUT2D eigenvalue weighted by Crippen LogP contribution is 2.28. The van der Waals surface area contributed by atoms with Gasteiger partial charge in [-0.1, -0.05) is 66.5 Å². The first-order valence-electron chi connectivity index (χ1n) is 8.39. The fourth-order valence-corrected chi connectivity index (χ4v) is 2.47. The van der Waals surface area contributed by atoms with Crippen molar-refractivity contribution in [1.29, 1.82) is 0 Å². The third kappa shape index (κ3) is 6.90. The van der Waals surface area contributed by atoms with Crippen LogP contribution in [0.1, 0.15) is 80.1 Å². The second-order valence-corrected chi connectivity index (χ2v) is 6.68. The standard InChI is InChI=1S/C18H36O2/c1-7-15(5)13-17(19,9-3)11-12-18(20,10-4)14-16(6)8-2/h11-12,15-16,19-20H,7-10,13-14H2,1-6H3.